The molecule has 0 aliphatic heterocycles. The van der Waals surface area contributed by atoms with E-state index in [1.807, 2.05) is 19.1 Å². The van der Waals surface area contributed by atoms with E-state index in [4.69, 9.17) is 10.5 Å². The highest BCUT2D eigenvalue weighted by molar-refractivity contribution is 8.00. The number of hydrogen-bond donors (Lipinski definition) is 2. The zero-order valence-electron chi connectivity index (χ0n) is 19.4. The molecule has 11 heteroatoms. The number of nitrogens with zero attached hydrogens (tertiary/aromatic N) is 2. The van der Waals surface area contributed by atoms with Crippen LogP contribution in [0, 0.1) is 6.92 Å². The van der Waals surface area contributed by atoms with Gasteiger partial charge in [-0.1, -0.05) is 29.8 Å². The average molecular weight is 497 g/mol. The van der Waals surface area contributed by atoms with Gasteiger partial charge < -0.3 is 15.8 Å². The molecule has 0 bridgehead atoms. The number of hydrogen-bond acceptors (Lipinski definition) is 8. The molecule has 0 aliphatic rings. The summed E-state index contributed by atoms with van der Waals surface area (Å²) in [4.78, 5) is 62.3. The van der Waals surface area contributed by atoms with E-state index in [0.717, 1.165) is 26.5 Å². The van der Waals surface area contributed by atoms with Crippen molar-refractivity contribution in [3.05, 3.63) is 86.1 Å². The second kappa shape index (κ2) is 10.9. The van der Waals surface area contributed by atoms with Gasteiger partial charge in [0.05, 0.1) is 11.3 Å². The molecule has 0 fully saturated rings. The number of Topliss-reactive ketones (excluding diaryl/α,β-unsaturated/α-hetero) is 1. The van der Waals surface area contributed by atoms with Gasteiger partial charge >= 0.3 is 11.7 Å². The van der Waals surface area contributed by atoms with E-state index in [1.165, 1.54) is 20.2 Å². The van der Waals surface area contributed by atoms with Crippen molar-refractivity contribution in [2.75, 3.05) is 23.4 Å². The van der Waals surface area contributed by atoms with Crippen LogP contribution in [0.4, 0.5) is 11.5 Å². The highest BCUT2D eigenvalue weighted by atomic mass is 32.2. The number of ether oxygens (including phenoxy) is 1. The Hall–Kier alpha value is -4.12. The van der Waals surface area contributed by atoms with Gasteiger partial charge in [0.25, 0.3) is 5.56 Å². The third kappa shape index (κ3) is 5.87. The summed E-state index contributed by atoms with van der Waals surface area (Å²) in [5.41, 5.74) is 5.68. The Labute approximate surface area is 204 Å². The number of nitrogen functional groups attached to an aromatic ring is 1. The summed E-state index contributed by atoms with van der Waals surface area (Å²) in [6.45, 7) is 1.20. The molecule has 3 rings (SSSR count). The molecule has 1 amide bonds. The smallest absolute Gasteiger partial charge is 0.339 e. The number of thioether (sulfide) groups is 1. The molecule has 3 aromatic rings. The fourth-order valence-corrected chi connectivity index (χ4v) is 3.98. The van der Waals surface area contributed by atoms with Crippen LogP contribution in [0.15, 0.2) is 63.0 Å². The minimum atomic E-state index is -0.873. The van der Waals surface area contributed by atoms with Crippen LogP contribution in [0.3, 0.4) is 0 Å². The number of aromatic nitrogens is 2. The van der Waals surface area contributed by atoms with Crippen molar-refractivity contribution < 1.29 is 19.1 Å². The van der Waals surface area contributed by atoms with Gasteiger partial charge in [0, 0.05) is 24.7 Å². The Balaban J connectivity index is 1.66. The van der Waals surface area contributed by atoms with Crippen molar-refractivity contribution in [1.29, 1.82) is 0 Å². The lowest BCUT2D eigenvalue weighted by Crippen LogP contribution is -2.42. The van der Waals surface area contributed by atoms with Gasteiger partial charge in [0.2, 0.25) is 11.7 Å². The third-order valence-corrected chi connectivity index (χ3v) is 6.20. The molecule has 2 aromatic carbocycles. The number of aryl methyl sites for hydroxylation is 1. The van der Waals surface area contributed by atoms with Gasteiger partial charge in [-0.2, -0.15) is 0 Å². The molecule has 182 valence electrons. The zero-order valence-corrected chi connectivity index (χ0v) is 20.2. The Kier molecular flexibility index (Phi) is 7.92. The number of esters is 1. The van der Waals surface area contributed by atoms with Gasteiger partial charge in [-0.3, -0.25) is 23.5 Å². The minimum Gasteiger partial charge on any atom is -0.454 e. The molecule has 3 N–H and O–H groups in total. The second-order valence-corrected chi connectivity index (χ2v) is 8.68. The average Bonchev–Trinajstić information content (AvgIpc) is 2.85. The maximum absolute atomic E-state index is 12.7. The molecule has 10 nitrogen and oxygen atoms in total. The summed E-state index contributed by atoms with van der Waals surface area (Å²) in [6, 6.07) is 13.8. The van der Waals surface area contributed by atoms with E-state index < -0.39 is 35.2 Å². The number of carbonyl (C=O) groups is 3. The lowest BCUT2D eigenvalue weighted by Gasteiger charge is -2.12. The molecule has 0 atom stereocenters. The molecular weight excluding hydrogens is 472 g/mol. The molecule has 0 unspecified atom stereocenters. The number of carbonyl (C=O) groups excluding carboxylic acids is 3. The number of rotatable bonds is 8. The largest absolute Gasteiger partial charge is 0.454 e. The Morgan fingerprint density at radius 3 is 2.34 bits per heavy atom. The van der Waals surface area contributed by atoms with E-state index in [0.29, 0.717) is 10.6 Å². The minimum absolute atomic E-state index is 0.0434. The molecule has 0 spiro atoms. The zero-order chi connectivity index (χ0) is 25.7. The molecule has 35 heavy (non-hydrogen) atoms. The normalized spacial score (nSPS) is 10.6. The molecule has 0 saturated carbocycles. The van der Waals surface area contributed by atoms with E-state index in [1.54, 1.807) is 30.3 Å². The van der Waals surface area contributed by atoms with E-state index in [-0.39, 0.29) is 23.0 Å². The first-order chi connectivity index (χ1) is 16.6. The molecule has 1 aromatic heterocycles. The number of anilines is 2. The Morgan fingerprint density at radius 1 is 1.00 bits per heavy atom. The van der Waals surface area contributed by atoms with Crippen LogP contribution in [0.2, 0.25) is 0 Å². The Bertz CT molecular complexity index is 1410. The van der Waals surface area contributed by atoms with Crippen molar-refractivity contribution in [2.24, 2.45) is 14.1 Å². The van der Waals surface area contributed by atoms with Crippen LogP contribution in [0.1, 0.15) is 26.3 Å². The molecule has 0 saturated heterocycles. The standard InChI is InChI=1S/C24H24N4O6S/c1-14-8-10-15(11-9-14)26-19(30)13-35-18-7-5-4-6-16(18)23(32)34-12-17(29)20-21(25)27(2)24(33)28(3)22(20)31/h4-11H,12-13,25H2,1-3H3,(H,26,30). The van der Waals surface area contributed by atoms with E-state index in [9.17, 15) is 24.0 Å². The van der Waals surface area contributed by atoms with E-state index in [2.05, 4.69) is 5.32 Å². The summed E-state index contributed by atoms with van der Waals surface area (Å²) in [6.07, 6.45) is 0. The Morgan fingerprint density at radius 2 is 1.66 bits per heavy atom. The molecule has 0 radical (unpaired) electrons. The summed E-state index contributed by atoms with van der Waals surface area (Å²) < 4.78 is 6.84. The maximum Gasteiger partial charge on any atom is 0.339 e. The van der Waals surface area contributed by atoms with Gasteiger partial charge in [-0.05, 0) is 31.2 Å². The summed E-state index contributed by atoms with van der Waals surface area (Å²) in [5.74, 6) is -2.16. The summed E-state index contributed by atoms with van der Waals surface area (Å²) in [5, 5.41) is 2.78. The van der Waals surface area contributed by atoms with Crippen LogP contribution in [0.25, 0.3) is 0 Å². The maximum atomic E-state index is 12.7. The quantitative estimate of drug-likeness (QED) is 0.273. The third-order valence-electron chi connectivity index (χ3n) is 5.12. The monoisotopic (exact) mass is 496 g/mol. The van der Waals surface area contributed by atoms with Gasteiger partial charge in [-0.15, -0.1) is 11.8 Å². The lowest BCUT2D eigenvalue weighted by molar-refractivity contribution is -0.113. The molecular formula is C24H24N4O6S. The van der Waals surface area contributed by atoms with Crippen LogP contribution in [-0.4, -0.2) is 39.2 Å². The van der Waals surface area contributed by atoms with Gasteiger partial charge in [0.15, 0.2) is 6.61 Å². The van der Waals surface area contributed by atoms with Crippen molar-refractivity contribution in [2.45, 2.75) is 11.8 Å². The van der Waals surface area contributed by atoms with Gasteiger partial charge in [0.1, 0.15) is 11.4 Å². The van der Waals surface area contributed by atoms with Crippen molar-refractivity contribution >= 4 is 40.9 Å². The number of ketones is 1. The fourth-order valence-electron chi connectivity index (χ4n) is 3.14. The van der Waals surface area contributed by atoms with Gasteiger partial charge in [-0.25, -0.2) is 9.59 Å². The van der Waals surface area contributed by atoms with Crippen molar-refractivity contribution in [1.82, 2.24) is 9.13 Å². The second-order valence-electron chi connectivity index (χ2n) is 7.66. The first-order valence-corrected chi connectivity index (χ1v) is 11.4. The van der Waals surface area contributed by atoms with Crippen LogP contribution in [-0.2, 0) is 23.6 Å². The van der Waals surface area contributed by atoms with Crippen LogP contribution < -0.4 is 22.3 Å². The summed E-state index contributed by atoms with van der Waals surface area (Å²) in [7, 11) is 2.54. The predicted molar refractivity (Wildman–Crippen MR) is 133 cm³/mol. The van der Waals surface area contributed by atoms with Crippen molar-refractivity contribution in [3.63, 3.8) is 0 Å². The molecule has 0 aliphatic carbocycles. The fraction of sp³-hybridized carbons (Fsp3) is 0.208. The highest BCUT2D eigenvalue weighted by Gasteiger charge is 2.22. The predicted octanol–water partition coefficient (Wildman–Crippen LogP) is 1.75. The first kappa shape index (κ1) is 25.5. The van der Waals surface area contributed by atoms with E-state index >= 15 is 0 Å². The lowest BCUT2D eigenvalue weighted by atomic mass is 10.2. The summed E-state index contributed by atoms with van der Waals surface area (Å²) >= 11 is 1.14. The highest BCUT2D eigenvalue weighted by Crippen LogP contribution is 2.24. The SMILES string of the molecule is Cc1ccc(NC(=O)CSc2ccccc2C(=O)OCC(=O)c2c(N)n(C)c(=O)n(C)c2=O)cc1. The number of nitrogens with two attached hydrogens (primary N) is 1. The van der Waals surface area contributed by atoms with Crippen molar-refractivity contribution in [3.8, 4) is 0 Å². The number of nitrogens with one attached hydrogen (secondary N) is 1. The number of benzene rings is 2. The van der Waals surface area contributed by atoms with Crippen LogP contribution in [0.5, 0.6) is 0 Å². The number of amides is 1. The topological polar surface area (TPSA) is 142 Å². The molecule has 1 heterocycles. The van der Waals surface area contributed by atoms with Crippen LogP contribution >= 0.6 is 11.8 Å². The first-order valence-electron chi connectivity index (χ1n) is 10.4.